The van der Waals surface area contributed by atoms with Crippen LogP contribution in [-0.4, -0.2) is 9.97 Å². The van der Waals surface area contributed by atoms with Crippen LogP contribution >= 0.6 is 11.3 Å². The van der Waals surface area contributed by atoms with Crippen LogP contribution in [0.4, 0.5) is 0 Å². The molecule has 0 saturated heterocycles. The van der Waals surface area contributed by atoms with E-state index in [4.69, 9.17) is 5.73 Å². The predicted molar refractivity (Wildman–Crippen MR) is 76.6 cm³/mol. The van der Waals surface area contributed by atoms with E-state index < -0.39 is 5.54 Å². The molecule has 92 valence electrons. The van der Waals surface area contributed by atoms with E-state index in [0.29, 0.717) is 0 Å². The molecule has 0 atom stereocenters. The molecule has 2 aromatic heterocycles. The Morgan fingerprint density at radius 1 is 1.28 bits per heavy atom. The number of aromatic amines is 1. The molecule has 0 amide bonds. The van der Waals surface area contributed by atoms with Crippen molar-refractivity contribution in [3.8, 4) is 10.6 Å². The molecule has 0 aliphatic heterocycles. The van der Waals surface area contributed by atoms with Crippen molar-refractivity contribution in [2.75, 3.05) is 0 Å². The molecule has 0 aliphatic rings. The fraction of sp³-hybridized carbons (Fsp3) is 0.214. The Kier molecular flexibility index (Phi) is 2.50. The van der Waals surface area contributed by atoms with E-state index in [-0.39, 0.29) is 0 Å². The molecule has 0 radical (unpaired) electrons. The van der Waals surface area contributed by atoms with Crippen LogP contribution in [0.5, 0.6) is 0 Å². The Morgan fingerprint density at radius 3 is 2.72 bits per heavy atom. The first kappa shape index (κ1) is 11.4. The van der Waals surface area contributed by atoms with Gasteiger partial charge in [-0.3, -0.25) is 0 Å². The van der Waals surface area contributed by atoms with Crippen LogP contribution in [0, 0.1) is 0 Å². The molecule has 3 aromatic rings. The van der Waals surface area contributed by atoms with Crippen LogP contribution < -0.4 is 5.73 Å². The van der Waals surface area contributed by atoms with Crippen molar-refractivity contribution in [1.29, 1.82) is 0 Å². The van der Waals surface area contributed by atoms with Crippen molar-refractivity contribution in [3.63, 3.8) is 0 Å². The van der Waals surface area contributed by atoms with Gasteiger partial charge >= 0.3 is 0 Å². The zero-order valence-electron chi connectivity index (χ0n) is 10.4. The normalized spacial score (nSPS) is 12.2. The number of fused-ring (bicyclic) bond motifs is 1. The number of nitrogens with one attached hydrogen (secondary N) is 1. The highest BCUT2D eigenvalue weighted by atomic mass is 32.1. The minimum absolute atomic E-state index is 0.436. The summed E-state index contributed by atoms with van der Waals surface area (Å²) >= 11 is 1.76. The molecule has 3 N–H and O–H groups in total. The molecule has 0 bridgehead atoms. The lowest BCUT2D eigenvalue weighted by Crippen LogP contribution is -2.30. The van der Waals surface area contributed by atoms with Gasteiger partial charge < -0.3 is 10.7 Å². The summed E-state index contributed by atoms with van der Waals surface area (Å²) in [4.78, 5) is 8.86. The third-order valence-electron chi connectivity index (χ3n) is 2.88. The number of aromatic nitrogens is 2. The van der Waals surface area contributed by atoms with Gasteiger partial charge in [0.15, 0.2) is 0 Å². The van der Waals surface area contributed by atoms with Gasteiger partial charge in [-0.05, 0) is 31.4 Å². The summed E-state index contributed by atoms with van der Waals surface area (Å²) in [6.07, 6.45) is 1.86. The number of nitrogens with two attached hydrogens (primary N) is 1. The topological polar surface area (TPSA) is 54.7 Å². The average molecular weight is 257 g/mol. The van der Waals surface area contributed by atoms with Gasteiger partial charge in [-0.2, -0.15) is 0 Å². The summed E-state index contributed by atoms with van der Waals surface area (Å²) in [5.74, 6) is 0.815. The van der Waals surface area contributed by atoms with Crippen LogP contribution in [0.3, 0.4) is 0 Å². The van der Waals surface area contributed by atoms with E-state index in [9.17, 15) is 0 Å². The summed E-state index contributed by atoms with van der Waals surface area (Å²) < 4.78 is 1.29. The number of thiophene rings is 1. The molecule has 3 nitrogen and oxygen atoms in total. The number of rotatable bonds is 2. The van der Waals surface area contributed by atoms with Gasteiger partial charge in [0.1, 0.15) is 5.82 Å². The number of imidazole rings is 1. The average Bonchev–Trinajstić information content (AvgIpc) is 2.94. The Morgan fingerprint density at radius 2 is 2.06 bits per heavy atom. The first-order chi connectivity index (χ1) is 8.54. The number of hydrogen-bond acceptors (Lipinski definition) is 3. The second-order valence-corrected chi connectivity index (χ2v) is 6.10. The molecule has 2 heterocycles. The molecular weight excluding hydrogens is 242 g/mol. The fourth-order valence-corrected chi connectivity index (χ4v) is 2.92. The van der Waals surface area contributed by atoms with Gasteiger partial charge in [0.25, 0.3) is 0 Å². The molecule has 1 aromatic carbocycles. The Balaban J connectivity index is 2.06. The highest BCUT2D eigenvalue weighted by molar-refractivity contribution is 7.22. The van der Waals surface area contributed by atoms with E-state index >= 15 is 0 Å². The zero-order valence-corrected chi connectivity index (χ0v) is 11.2. The van der Waals surface area contributed by atoms with Crippen molar-refractivity contribution >= 4 is 21.4 Å². The largest absolute Gasteiger partial charge is 0.340 e. The molecule has 0 unspecified atom stereocenters. The van der Waals surface area contributed by atoms with Gasteiger partial charge in [0.05, 0.1) is 22.3 Å². The van der Waals surface area contributed by atoms with Crippen molar-refractivity contribution in [2.45, 2.75) is 19.4 Å². The first-order valence-corrected chi connectivity index (χ1v) is 6.69. The second kappa shape index (κ2) is 3.93. The maximum absolute atomic E-state index is 6.03. The van der Waals surface area contributed by atoms with Gasteiger partial charge in [-0.15, -0.1) is 11.3 Å². The summed E-state index contributed by atoms with van der Waals surface area (Å²) in [5, 5.41) is 1.26. The quantitative estimate of drug-likeness (QED) is 0.738. The van der Waals surface area contributed by atoms with Crippen LogP contribution in [0.2, 0.25) is 0 Å². The third-order valence-corrected chi connectivity index (χ3v) is 4.03. The lowest BCUT2D eigenvalue weighted by molar-refractivity contribution is 0.520. The van der Waals surface area contributed by atoms with Crippen molar-refractivity contribution < 1.29 is 0 Å². The number of H-pyrrole nitrogens is 1. The number of hydrogen-bond donors (Lipinski definition) is 2. The second-order valence-electron chi connectivity index (χ2n) is 5.02. The van der Waals surface area contributed by atoms with E-state index in [1.54, 1.807) is 11.3 Å². The first-order valence-electron chi connectivity index (χ1n) is 5.87. The van der Waals surface area contributed by atoms with Gasteiger partial charge in [0, 0.05) is 4.70 Å². The standard InChI is InChI=1S/C14H15N3S/c1-14(2,15)13-16-8-10(17-13)12-7-9-5-3-4-6-11(9)18-12/h3-8H,15H2,1-2H3,(H,16,17). The third kappa shape index (κ3) is 1.94. The molecular formula is C14H15N3S. The smallest absolute Gasteiger partial charge is 0.126 e. The molecule has 3 rings (SSSR count). The number of benzene rings is 1. The van der Waals surface area contributed by atoms with Gasteiger partial charge in [-0.1, -0.05) is 18.2 Å². The monoisotopic (exact) mass is 257 g/mol. The van der Waals surface area contributed by atoms with E-state index in [1.165, 1.54) is 15.0 Å². The lowest BCUT2D eigenvalue weighted by atomic mass is 10.1. The number of nitrogens with zero attached hydrogens (tertiary/aromatic N) is 1. The predicted octanol–water partition coefficient (Wildman–Crippen LogP) is 3.49. The lowest BCUT2D eigenvalue weighted by Gasteiger charge is -2.14. The molecule has 0 fully saturated rings. The summed E-state index contributed by atoms with van der Waals surface area (Å²) in [5.41, 5.74) is 6.63. The van der Waals surface area contributed by atoms with Crippen LogP contribution in [0.25, 0.3) is 20.7 Å². The van der Waals surface area contributed by atoms with E-state index in [1.807, 2.05) is 20.0 Å². The van der Waals surface area contributed by atoms with E-state index in [2.05, 4.69) is 40.3 Å². The minimum Gasteiger partial charge on any atom is -0.340 e. The van der Waals surface area contributed by atoms with Crippen LogP contribution in [0.1, 0.15) is 19.7 Å². The molecule has 4 heteroatoms. The van der Waals surface area contributed by atoms with Crippen LogP contribution in [0.15, 0.2) is 36.5 Å². The molecule has 0 spiro atoms. The Labute approximate surface area is 110 Å². The molecule has 0 aliphatic carbocycles. The summed E-state index contributed by atoms with van der Waals surface area (Å²) in [6, 6.07) is 10.6. The Bertz CT molecular complexity index is 655. The summed E-state index contributed by atoms with van der Waals surface area (Å²) in [6.45, 7) is 3.89. The summed E-state index contributed by atoms with van der Waals surface area (Å²) in [7, 11) is 0. The molecule has 0 saturated carbocycles. The minimum atomic E-state index is -0.436. The van der Waals surface area contributed by atoms with Gasteiger partial charge in [-0.25, -0.2) is 4.98 Å². The maximum atomic E-state index is 6.03. The van der Waals surface area contributed by atoms with E-state index in [0.717, 1.165) is 11.5 Å². The zero-order chi connectivity index (χ0) is 12.8. The van der Waals surface area contributed by atoms with Crippen LogP contribution in [-0.2, 0) is 5.54 Å². The van der Waals surface area contributed by atoms with Crippen molar-refractivity contribution in [1.82, 2.24) is 9.97 Å². The fourth-order valence-electron chi connectivity index (χ4n) is 1.89. The molecule has 18 heavy (non-hydrogen) atoms. The highest BCUT2D eigenvalue weighted by Gasteiger charge is 2.18. The highest BCUT2D eigenvalue weighted by Crippen LogP contribution is 2.32. The van der Waals surface area contributed by atoms with Crippen molar-refractivity contribution in [3.05, 3.63) is 42.4 Å². The van der Waals surface area contributed by atoms with Crippen molar-refractivity contribution in [2.24, 2.45) is 5.73 Å². The maximum Gasteiger partial charge on any atom is 0.126 e. The SMILES string of the molecule is CC(C)(N)c1ncc(-c2cc3ccccc3s2)[nH]1. The van der Waals surface area contributed by atoms with Gasteiger partial charge in [0.2, 0.25) is 0 Å². The Hall–Kier alpha value is -1.65.